The van der Waals surface area contributed by atoms with Gasteiger partial charge in [0.05, 0.1) is 5.56 Å². The maximum absolute atomic E-state index is 12.7. The normalized spacial score (nSPS) is 18.9. The molecule has 0 aliphatic heterocycles. The highest BCUT2D eigenvalue weighted by atomic mass is 127. The van der Waals surface area contributed by atoms with Gasteiger partial charge in [0.1, 0.15) is 0 Å². The van der Waals surface area contributed by atoms with Crippen LogP contribution in [0.15, 0.2) is 22.7 Å². The van der Waals surface area contributed by atoms with Gasteiger partial charge in [0.2, 0.25) is 0 Å². The molecule has 0 bridgehead atoms. The molecular weight excluding hydrogens is 429 g/mol. The molecule has 1 aliphatic carbocycles. The Balaban J connectivity index is 2.11. The molecule has 0 atom stereocenters. The van der Waals surface area contributed by atoms with E-state index in [1.807, 2.05) is 30.1 Å². The van der Waals surface area contributed by atoms with Crippen molar-refractivity contribution in [3.8, 4) is 0 Å². The molecule has 0 unspecified atom stereocenters. The Morgan fingerprint density at radius 1 is 1.35 bits per heavy atom. The Morgan fingerprint density at radius 3 is 2.55 bits per heavy atom. The van der Waals surface area contributed by atoms with Gasteiger partial charge < -0.3 is 4.90 Å². The van der Waals surface area contributed by atoms with Crippen molar-refractivity contribution < 1.29 is 4.79 Å². The maximum atomic E-state index is 12.7. The first-order chi connectivity index (χ1) is 9.30. The second-order valence-corrected chi connectivity index (χ2v) is 8.54. The molecule has 20 heavy (non-hydrogen) atoms. The van der Waals surface area contributed by atoms with Crippen LogP contribution < -0.4 is 0 Å². The molecule has 0 saturated heterocycles. The molecule has 2 nitrogen and oxygen atoms in total. The first-order valence-corrected chi connectivity index (χ1v) is 8.89. The van der Waals surface area contributed by atoms with Crippen LogP contribution in [0.4, 0.5) is 0 Å². The fourth-order valence-electron chi connectivity index (χ4n) is 2.79. The van der Waals surface area contributed by atoms with E-state index < -0.39 is 0 Å². The number of halogens is 2. The van der Waals surface area contributed by atoms with E-state index in [9.17, 15) is 4.79 Å². The first-order valence-electron chi connectivity index (χ1n) is 7.02. The summed E-state index contributed by atoms with van der Waals surface area (Å²) in [6.07, 6.45) is 4.61. The van der Waals surface area contributed by atoms with Crippen molar-refractivity contribution in [1.82, 2.24) is 4.90 Å². The SMILES string of the molecule is CN(C(=O)c1cc(I)ccc1Br)C1CCC(C)(C)CC1. The Labute approximate surface area is 143 Å². The highest BCUT2D eigenvalue weighted by molar-refractivity contribution is 14.1. The molecule has 4 heteroatoms. The molecule has 0 spiro atoms. The smallest absolute Gasteiger partial charge is 0.255 e. The lowest BCUT2D eigenvalue weighted by molar-refractivity contribution is 0.0634. The standard InChI is InChI=1S/C16H21BrINO/c1-16(2)8-6-12(7-9-16)19(3)15(20)13-10-11(18)4-5-14(13)17/h4-5,10,12H,6-9H2,1-3H3. The van der Waals surface area contributed by atoms with Gasteiger partial charge in [-0.2, -0.15) is 0 Å². The molecule has 1 amide bonds. The number of carbonyl (C=O) groups is 1. The van der Waals surface area contributed by atoms with Crippen molar-refractivity contribution in [2.45, 2.75) is 45.6 Å². The predicted octanol–water partition coefficient (Wildman–Crippen LogP) is 5.09. The van der Waals surface area contributed by atoms with Crippen molar-refractivity contribution in [1.29, 1.82) is 0 Å². The minimum Gasteiger partial charge on any atom is -0.339 e. The van der Waals surface area contributed by atoms with Crippen LogP contribution in [0.1, 0.15) is 49.9 Å². The van der Waals surface area contributed by atoms with Gasteiger partial charge in [-0.3, -0.25) is 4.79 Å². The van der Waals surface area contributed by atoms with Gasteiger partial charge in [0, 0.05) is 21.1 Å². The summed E-state index contributed by atoms with van der Waals surface area (Å²) in [5.74, 6) is 0.125. The molecule has 0 aromatic heterocycles. The van der Waals surface area contributed by atoms with Crippen molar-refractivity contribution >= 4 is 44.4 Å². The van der Waals surface area contributed by atoms with Crippen molar-refractivity contribution in [2.75, 3.05) is 7.05 Å². The molecule has 0 radical (unpaired) electrons. The van der Waals surface area contributed by atoms with E-state index in [4.69, 9.17) is 0 Å². The van der Waals surface area contributed by atoms with Crippen molar-refractivity contribution in [3.05, 3.63) is 31.8 Å². The third-order valence-electron chi connectivity index (χ3n) is 4.34. The molecule has 1 fully saturated rings. The molecule has 2 rings (SSSR count). The highest BCUT2D eigenvalue weighted by Crippen LogP contribution is 2.37. The fraction of sp³-hybridized carbons (Fsp3) is 0.562. The quantitative estimate of drug-likeness (QED) is 0.575. The molecule has 1 saturated carbocycles. The summed E-state index contributed by atoms with van der Waals surface area (Å²) in [6, 6.07) is 6.29. The van der Waals surface area contributed by atoms with Crippen LogP contribution >= 0.6 is 38.5 Å². The Kier molecular flexibility index (Phi) is 5.16. The van der Waals surface area contributed by atoms with Crippen LogP contribution in [0, 0.1) is 8.99 Å². The molecule has 0 N–H and O–H groups in total. The molecule has 1 aromatic rings. The number of rotatable bonds is 2. The number of hydrogen-bond donors (Lipinski definition) is 0. The molecule has 1 aromatic carbocycles. The third kappa shape index (κ3) is 3.75. The average molecular weight is 450 g/mol. The van der Waals surface area contributed by atoms with E-state index in [2.05, 4.69) is 52.4 Å². The fourth-order valence-corrected chi connectivity index (χ4v) is 3.70. The number of carbonyl (C=O) groups excluding carboxylic acids is 1. The number of hydrogen-bond acceptors (Lipinski definition) is 1. The van der Waals surface area contributed by atoms with Gasteiger partial charge in [0.25, 0.3) is 5.91 Å². The van der Waals surface area contributed by atoms with Crippen LogP contribution in [-0.2, 0) is 0 Å². The van der Waals surface area contributed by atoms with E-state index in [0.717, 1.165) is 26.4 Å². The average Bonchev–Trinajstić information content (AvgIpc) is 2.40. The predicted molar refractivity (Wildman–Crippen MR) is 95.0 cm³/mol. The molecule has 110 valence electrons. The van der Waals surface area contributed by atoms with E-state index in [0.29, 0.717) is 11.5 Å². The lowest BCUT2D eigenvalue weighted by Crippen LogP contribution is -2.41. The number of nitrogens with zero attached hydrogens (tertiary/aromatic N) is 1. The minimum atomic E-state index is 0.125. The maximum Gasteiger partial charge on any atom is 0.255 e. The highest BCUT2D eigenvalue weighted by Gasteiger charge is 2.31. The summed E-state index contributed by atoms with van der Waals surface area (Å²) in [5, 5.41) is 0. The van der Waals surface area contributed by atoms with E-state index in [1.165, 1.54) is 12.8 Å². The van der Waals surface area contributed by atoms with Gasteiger partial charge in [-0.05, 0) is 87.8 Å². The zero-order valence-corrected chi connectivity index (χ0v) is 16.0. The third-order valence-corrected chi connectivity index (χ3v) is 5.70. The minimum absolute atomic E-state index is 0.125. The van der Waals surface area contributed by atoms with Crippen LogP contribution in [0.3, 0.4) is 0 Å². The number of benzene rings is 1. The second-order valence-electron chi connectivity index (χ2n) is 6.44. The van der Waals surface area contributed by atoms with E-state index >= 15 is 0 Å². The van der Waals surface area contributed by atoms with Crippen LogP contribution in [0.2, 0.25) is 0 Å². The number of amides is 1. The second kappa shape index (κ2) is 6.34. The summed E-state index contributed by atoms with van der Waals surface area (Å²) in [5.41, 5.74) is 1.20. The topological polar surface area (TPSA) is 20.3 Å². The molecule has 1 aliphatic rings. The molecule has 0 heterocycles. The lowest BCUT2D eigenvalue weighted by Gasteiger charge is -2.38. The van der Waals surface area contributed by atoms with Gasteiger partial charge in [-0.1, -0.05) is 13.8 Å². The summed E-state index contributed by atoms with van der Waals surface area (Å²) in [7, 11) is 1.94. The van der Waals surface area contributed by atoms with E-state index in [1.54, 1.807) is 0 Å². The lowest BCUT2D eigenvalue weighted by atomic mass is 9.75. The van der Waals surface area contributed by atoms with Crippen molar-refractivity contribution in [3.63, 3.8) is 0 Å². The molecular formula is C16H21BrINO. The monoisotopic (exact) mass is 449 g/mol. The summed E-state index contributed by atoms with van der Waals surface area (Å²) in [6.45, 7) is 4.64. The van der Waals surface area contributed by atoms with Crippen LogP contribution in [0.5, 0.6) is 0 Å². The zero-order chi connectivity index (χ0) is 14.9. The van der Waals surface area contributed by atoms with Crippen LogP contribution in [0.25, 0.3) is 0 Å². The Morgan fingerprint density at radius 2 is 1.95 bits per heavy atom. The summed E-state index contributed by atoms with van der Waals surface area (Å²) < 4.78 is 1.97. The van der Waals surface area contributed by atoms with Gasteiger partial charge >= 0.3 is 0 Å². The summed E-state index contributed by atoms with van der Waals surface area (Å²) in [4.78, 5) is 14.6. The van der Waals surface area contributed by atoms with Crippen LogP contribution in [-0.4, -0.2) is 23.9 Å². The first kappa shape index (κ1) is 16.3. The Bertz CT molecular complexity index is 505. The van der Waals surface area contributed by atoms with Gasteiger partial charge in [-0.25, -0.2) is 0 Å². The van der Waals surface area contributed by atoms with Gasteiger partial charge in [-0.15, -0.1) is 0 Å². The van der Waals surface area contributed by atoms with Crippen molar-refractivity contribution in [2.24, 2.45) is 5.41 Å². The summed E-state index contributed by atoms with van der Waals surface area (Å²) >= 11 is 5.74. The van der Waals surface area contributed by atoms with Gasteiger partial charge in [0.15, 0.2) is 0 Å². The zero-order valence-electron chi connectivity index (χ0n) is 12.2. The largest absolute Gasteiger partial charge is 0.339 e. The van der Waals surface area contributed by atoms with E-state index in [-0.39, 0.29) is 5.91 Å². The Hall–Kier alpha value is -0.100.